The van der Waals surface area contributed by atoms with Gasteiger partial charge in [-0.15, -0.1) is 0 Å². The van der Waals surface area contributed by atoms with E-state index in [2.05, 4.69) is 0 Å². The molecule has 0 aliphatic carbocycles. The van der Waals surface area contributed by atoms with Crippen LogP contribution in [0.2, 0.25) is 5.02 Å². The minimum Gasteiger partial charge on any atom is -0.488 e. The van der Waals surface area contributed by atoms with Gasteiger partial charge in [-0.05, 0) is 30.7 Å². The minimum atomic E-state index is -3.18. The van der Waals surface area contributed by atoms with Crippen molar-refractivity contribution in [2.45, 2.75) is 25.1 Å². The van der Waals surface area contributed by atoms with E-state index in [1.54, 1.807) is 17.0 Å². The second kappa shape index (κ2) is 9.38. The number of aliphatic hydroxyl groups is 1. The molecule has 2 aromatic carbocycles. The van der Waals surface area contributed by atoms with E-state index in [0.717, 1.165) is 0 Å². The summed E-state index contributed by atoms with van der Waals surface area (Å²) >= 11 is 6.12. The van der Waals surface area contributed by atoms with Crippen LogP contribution in [0.25, 0.3) is 0 Å². The van der Waals surface area contributed by atoms with E-state index in [1.807, 2.05) is 0 Å². The number of hydrogen-bond donors (Lipinski definition) is 1. The molecule has 3 rings (SSSR count). The second-order valence-electron chi connectivity index (χ2n) is 7.08. The van der Waals surface area contributed by atoms with Crippen LogP contribution in [0.4, 0.5) is 8.78 Å². The topological polar surface area (TPSA) is 66.8 Å². The molecular formula is C20H22ClF2NO4S. The number of rotatable bonds is 8. The van der Waals surface area contributed by atoms with Crippen molar-refractivity contribution in [2.24, 2.45) is 0 Å². The quantitative estimate of drug-likeness (QED) is 0.676. The Kier molecular flexibility index (Phi) is 7.10. The largest absolute Gasteiger partial charge is 0.488 e. The molecule has 1 fully saturated rings. The third-order valence-corrected chi connectivity index (χ3v) is 6.97. The predicted molar refractivity (Wildman–Crippen MR) is 107 cm³/mol. The monoisotopic (exact) mass is 445 g/mol. The molecule has 0 spiro atoms. The van der Waals surface area contributed by atoms with Crippen molar-refractivity contribution >= 4 is 21.4 Å². The van der Waals surface area contributed by atoms with Crippen LogP contribution in [-0.4, -0.2) is 55.2 Å². The lowest BCUT2D eigenvalue weighted by Crippen LogP contribution is -2.42. The van der Waals surface area contributed by atoms with Crippen LogP contribution in [0.5, 0.6) is 5.75 Å². The molecule has 2 unspecified atom stereocenters. The third kappa shape index (κ3) is 5.88. The molecule has 2 aromatic rings. The van der Waals surface area contributed by atoms with Gasteiger partial charge < -0.3 is 9.84 Å². The van der Waals surface area contributed by atoms with Gasteiger partial charge in [-0.25, -0.2) is 17.2 Å². The van der Waals surface area contributed by atoms with Crippen LogP contribution in [0.3, 0.4) is 0 Å². The minimum absolute atomic E-state index is 0.0127. The molecule has 0 bridgehead atoms. The summed E-state index contributed by atoms with van der Waals surface area (Å²) in [5, 5.41) is 10.6. The number of sulfone groups is 1. The number of aliphatic hydroxyl groups excluding tert-OH is 1. The first-order valence-electron chi connectivity index (χ1n) is 9.18. The lowest BCUT2D eigenvalue weighted by Gasteiger charge is -2.30. The van der Waals surface area contributed by atoms with E-state index >= 15 is 0 Å². The van der Waals surface area contributed by atoms with Crippen molar-refractivity contribution in [3.63, 3.8) is 0 Å². The normalized spacial score (nSPS) is 19.4. The van der Waals surface area contributed by atoms with Gasteiger partial charge in [-0.2, -0.15) is 0 Å². The van der Waals surface area contributed by atoms with Crippen molar-refractivity contribution in [2.75, 3.05) is 24.7 Å². The first-order chi connectivity index (χ1) is 13.7. The van der Waals surface area contributed by atoms with Crippen molar-refractivity contribution in [3.8, 4) is 5.75 Å². The number of hydrogen-bond acceptors (Lipinski definition) is 5. The molecule has 1 N–H and O–H groups in total. The van der Waals surface area contributed by atoms with Crippen LogP contribution in [-0.2, 0) is 16.4 Å². The Hall–Kier alpha value is -1.74. The van der Waals surface area contributed by atoms with Crippen LogP contribution in [0, 0.1) is 11.6 Å². The van der Waals surface area contributed by atoms with Gasteiger partial charge >= 0.3 is 0 Å². The average molecular weight is 446 g/mol. The Labute approximate surface area is 173 Å². The van der Waals surface area contributed by atoms with Crippen molar-refractivity contribution in [1.29, 1.82) is 0 Å². The Morgan fingerprint density at radius 2 is 1.90 bits per heavy atom. The predicted octanol–water partition coefficient (Wildman–Crippen LogP) is 3.05. The molecule has 0 amide bonds. The van der Waals surface area contributed by atoms with E-state index in [1.165, 1.54) is 30.3 Å². The van der Waals surface area contributed by atoms with Gasteiger partial charge in [0.2, 0.25) is 0 Å². The molecule has 0 saturated carbocycles. The maximum absolute atomic E-state index is 14.2. The summed E-state index contributed by atoms with van der Waals surface area (Å²) in [6, 6.07) is 9.78. The Balaban J connectivity index is 1.72. The zero-order valence-electron chi connectivity index (χ0n) is 15.6. The SMILES string of the molecule is O=S1(=O)CCC(N(Cc2c(F)cccc2Cl)CC(O)COc2ccccc2F)C1. The molecule has 9 heteroatoms. The number of benzene rings is 2. The Morgan fingerprint density at radius 1 is 1.17 bits per heavy atom. The summed E-state index contributed by atoms with van der Waals surface area (Å²) in [5.74, 6) is -1.06. The van der Waals surface area contributed by atoms with Gasteiger partial charge in [0.15, 0.2) is 21.4 Å². The smallest absolute Gasteiger partial charge is 0.165 e. The van der Waals surface area contributed by atoms with Crippen LogP contribution >= 0.6 is 11.6 Å². The summed E-state index contributed by atoms with van der Waals surface area (Å²) in [7, 11) is -3.18. The molecule has 5 nitrogen and oxygen atoms in total. The highest BCUT2D eigenvalue weighted by atomic mass is 35.5. The van der Waals surface area contributed by atoms with E-state index in [9.17, 15) is 22.3 Å². The van der Waals surface area contributed by atoms with Crippen molar-refractivity contribution < 1.29 is 27.0 Å². The molecule has 1 saturated heterocycles. The lowest BCUT2D eigenvalue weighted by molar-refractivity contribution is 0.0509. The lowest BCUT2D eigenvalue weighted by atomic mass is 10.1. The fraction of sp³-hybridized carbons (Fsp3) is 0.400. The van der Waals surface area contributed by atoms with Crippen LogP contribution < -0.4 is 4.74 Å². The van der Waals surface area contributed by atoms with Gasteiger partial charge in [0, 0.05) is 29.7 Å². The Bertz CT molecular complexity index is 937. The van der Waals surface area contributed by atoms with E-state index in [0.29, 0.717) is 6.42 Å². The molecule has 1 heterocycles. The van der Waals surface area contributed by atoms with E-state index in [4.69, 9.17) is 16.3 Å². The molecule has 0 radical (unpaired) electrons. The molecule has 0 aromatic heterocycles. The summed E-state index contributed by atoms with van der Waals surface area (Å²) in [4.78, 5) is 1.70. The fourth-order valence-corrected chi connectivity index (χ4v) is 5.35. The van der Waals surface area contributed by atoms with Gasteiger partial charge in [-0.1, -0.05) is 29.8 Å². The van der Waals surface area contributed by atoms with Crippen LogP contribution in [0.1, 0.15) is 12.0 Å². The van der Waals surface area contributed by atoms with Crippen molar-refractivity contribution in [3.05, 3.63) is 64.7 Å². The van der Waals surface area contributed by atoms with Gasteiger partial charge in [0.05, 0.1) is 11.5 Å². The number of para-hydroxylation sites is 1. The standard InChI is InChI=1S/C20H22ClF2NO4S/c21-17-4-3-6-18(22)16(17)11-24(14-8-9-29(26,27)13-14)10-15(25)12-28-20-7-2-1-5-19(20)23/h1-7,14-15,25H,8-13H2. The fourth-order valence-electron chi connectivity index (χ4n) is 3.36. The summed E-state index contributed by atoms with van der Waals surface area (Å²) in [6.07, 6.45) is -0.654. The summed E-state index contributed by atoms with van der Waals surface area (Å²) in [6.45, 7) is -0.121. The maximum atomic E-state index is 14.2. The molecule has 29 heavy (non-hydrogen) atoms. The van der Waals surface area contributed by atoms with Gasteiger partial charge in [0.1, 0.15) is 18.5 Å². The third-order valence-electron chi connectivity index (χ3n) is 4.86. The molecular weight excluding hydrogens is 424 g/mol. The molecule has 1 aliphatic rings. The van der Waals surface area contributed by atoms with Gasteiger partial charge in [0.25, 0.3) is 0 Å². The van der Waals surface area contributed by atoms with Crippen molar-refractivity contribution in [1.82, 2.24) is 4.90 Å². The molecule has 2 atom stereocenters. The molecule has 1 aliphatic heterocycles. The highest BCUT2D eigenvalue weighted by Crippen LogP contribution is 2.25. The maximum Gasteiger partial charge on any atom is 0.165 e. The highest BCUT2D eigenvalue weighted by Gasteiger charge is 2.33. The average Bonchev–Trinajstić information content (AvgIpc) is 3.03. The zero-order valence-corrected chi connectivity index (χ0v) is 17.2. The highest BCUT2D eigenvalue weighted by molar-refractivity contribution is 7.91. The first kappa shape index (κ1) is 22.0. The summed E-state index contributed by atoms with van der Waals surface area (Å²) in [5.41, 5.74) is 0.237. The van der Waals surface area contributed by atoms with Crippen LogP contribution in [0.15, 0.2) is 42.5 Å². The zero-order chi connectivity index (χ0) is 21.0. The number of nitrogens with zero attached hydrogens (tertiary/aromatic N) is 1. The van der Waals surface area contributed by atoms with E-state index < -0.39 is 27.6 Å². The van der Waals surface area contributed by atoms with Gasteiger partial charge in [-0.3, -0.25) is 4.90 Å². The second-order valence-corrected chi connectivity index (χ2v) is 9.72. The molecule has 158 valence electrons. The number of halogens is 3. The first-order valence-corrected chi connectivity index (χ1v) is 11.4. The van der Waals surface area contributed by atoms with E-state index in [-0.39, 0.29) is 53.6 Å². The Morgan fingerprint density at radius 3 is 2.55 bits per heavy atom. The number of ether oxygens (including phenoxy) is 1. The summed E-state index contributed by atoms with van der Waals surface area (Å²) < 4.78 is 57.1.